The lowest BCUT2D eigenvalue weighted by Gasteiger charge is -2.32. The Labute approximate surface area is 103 Å². The van der Waals surface area contributed by atoms with E-state index in [-0.39, 0.29) is 6.61 Å². The van der Waals surface area contributed by atoms with E-state index in [4.69, 9.17) is 21.0 Å². The Hall–Kier alpha value is -1.25. The molecule has 0 spiro atoms. The highest BCUT2D eigenvalue weighted by atomic mass is 16.5. The van der Waals surface area contributed by atoms with E-state index >= 15 is 0 Å². The van der Waals surface area contributed by atoms with E-state index in [2.05, 4.69) is 5.92 Å². The van der Waals surface area contributed by atoms with Crippen molar-refractivity contribution < 1.29 is 19.4 Å². The summed E-state index contributed by atoms with van der Waals surface area (Å²) in [7, 11) is 0. The minimum atomic E-state index is -0.940. The molecule has 0 heterocycles. The summed E-state index contributed by atoms with van der Waals surface area (Å²) in [6.07, 6.45) is 4.06. The van der Waals surface area contributed by atoms with Gasteiger partial charge in [-0.1, -0.05) is 5.92 Å². The van der Waals surface area contributed by atoms with Crippen molar-refractivity contribution in [2.75, 3.05) is 33.0 Å². The molecule has 0 saturated heterocycles. The SMILES string of the molecule is C#CCOCCOCCN(C(=O)O)C(C)(C)C. The number of amides is 1. The fraction of sp³-hybridized carbons (Fsp3) is 0.750. The number of carboxylic acid groups (broad SMARTS) is 1. The topological polar surface area (TPSA) is 59.0 Å². The molecule has 0 aliphatic heterocycles. The maximum atomic E-state index is 11.0. The number of hydrogen-bond donors (Lipinski definition) is 1. The van der Waals surface area contributed by atoms with E-state index in [0.29, 0.717) is 26.4 Å². The average molecular weight is 243 g/mol. The molecule has 0 saturated carbocycles. The molecule has 0 aromatic heterocycles. The summed E-state index contributed by atoms with van der Waals surface area (Å²) in [4.78, 5) is 12.3. The van der Waals surface area contributed by atoms with Crippen LogP contribution in [0, 0.1) is 12.3 Å². The third kappa shape index (κ3) is 7.61. The van der Waals surface area contributed by atoms with Gasteiger partial charge in [-0.25, -0.2) is 4.79 Å². The Balaban J connectivity index is 3.71. The van der Waals surface area contributed by atoms with Crippen LogP contribution in [0.25, 0.3) is 0 Å². The van der Waals surface area contributed by atoms with E-state index in [1.54, 1.807) is 0 Å². The lowest BCUT2D eigenvalue weighted by atomic mass is 10.1. The summed E-state index contributed by atoms with van der Waals surface area (Å²) in [6.45, 7) is 7.33. The highest BCUT2D eigenvalue weighted by Gasteiger charge is 2.25. The molecular formula is C12H21NO4. The van der Waals surface area contributed by atoms with Gasteiger partial charge in [-0.15, -0.1) is 6.42 Å². The zero-order chi connectivity index (χ0) is 13.3. The first-order valence-electron chi connectivity index (χ1n) is 5.49. The lowest BCUT2D eigenvalue weighted by molar-refractivity contribution is 0.0343. The Morgan fingerprint density at radius 3 is 2.35 bits per heavy atom. The van der Waals surface area contributed by atoms with Gasteiger partial charge < -0.3 is 19.5 Å². The molecule has 1 amide bonds. The molecule has 0 aromatic carbocycles. The zero-order valence-electron chi connectivity index (χ0n) is 10.7. The molecule has 0 bridgehead atoms. The van der Waals surface area contributed by atoms with Crippen molar-refractivity contribution in [3.8, 4) is 12.3 Å². The van der Waals surface area contributed by atoms with Crippen LogP contribution in [0.3, 0.4) is 0 Å². The molecule has 0 aromatic rings. The Kier molecular flexibility index (Phi) is 7.35. The van der Waals surface area contributed by atoms with E-state index in [1.807, 2.05) is 20.8 Å². The number of hydrogen-bond acceptors (Lipinski definition) is 3. The van der Waals surface area contributed by atoms with Gasteiger partial charge in [-0.05, 0) is 20.8 Å². The molecule has 1 N–H and O–H groups in total. The molecule has 5 nitrogen and oxygen atoms in total. The van der Waals surface area contributed by atoms with Crippen LogP contribution in [0.2, 0.25) is 0 Å². The standard InChI is InChI=1S/C12H21NO4/c1-5-7-16-9-10-17-8-6-13(11(14)15)12(2,3)4/h1H,6-10H2,2-4H3,(H,14,15). The normalized spacial score (nSPS) is 10.9. The van der Waals surface area contributed by atoms with Gasteiger partial charge in [0.05, 0.1) is 19.8 Å². The number of nitrogens with zero attached hydrogens (tertiary/aromatic N) is 1. The van der Waals surface area contributed by atoms with Gasteiger partial charge in [-0.2, -0.15) is 0 Å². The van der Waals surface area contributed by atoms with Crippen molar-refractivity contribution in [1.82, 2.24) is 4.90 Å². The van der Waals surface area contributed by atoms with Gasteiger partial charge in [0.2, 0.25) is 0 Å². The highest BCUT2D eigenvalue weighted by Crippen LogP contribution is 2.12. The summed E-state index contributed by atoms with van der Waals surface area (Å²) in [5, 5.41) is 9.01. The first kappa shape index (κ1) is 15.8. The molecule has 17 heavy (non-hydrogen) atoms. The average Bonchev–Trinajstić information content (AvgIpc) is 2.19. The third-order valence-electron chi connectivity index (χ3n) is 2.06. The van der Waals surface area contributed by atoms with Crippen LogP contribution < -0.4 is 0 Å². The second-order valence-electron chi connectivity index (χ2n) is 4.47. The fourth-order valence-electron chi connectivity index (χ4n) is 1.22. The van der Waals surface area contributed by atoms with Crippen molar-refractivity contribution in [3.63, 3.8) is 0 Å². The van der Waals surface area contributed by atoms with Gasteiger partial charge in [0.25, 0.3) is 0 Å². The minimum absolute atomic E-state index is 0.270. The van der Waals surface area contributed by atoms with Crippen LogP contribution in [0.15, 0.2) is 0 Å². The molecule has 0 rings (SSSR count). The number of ether oxygens (including phenoxy) is 2. The summed E-state index contributed by atoms with van der Waals surface area (Å²) in [5.41, 5.74) is -0.421. The summed E-state index contributed by atoms with van der Waals surface area (Å²) < 4.78 is 10.3. The van der Waals surface area contributed by atoms with Gasteiger partial charge in [0.15, 0.2) is 0 Å². The molecular weight excluding hydrogens is 222 g/mol. The second-order valence-corrected chi connectivity index (χ2v) is 4.47. The van der Waals surface area contributed by atoms with E-state index in [1.165, 1.54) is 4.90 Å². The van der Waals surface area contributed by atoms with Crippen LogP contribution in [-0.4, -0.2) is 54.6 Å². The van der Waals surface area contributed by atoms with Crippen molar-refractivity contribution >= 4 is 6.09 Å². The van der Waals surface area contributed by atoms with Crippen molar-refractivity contribution in [3.05, 3.63) is 0 Å². The smallest absolute Gasteiger partial charge is 0.407 e. The molecule has 0 atom stereocenters. The van der Waals surface area contributed by atoms with Gasteiger partial charge in [0.1, 0.15) is 6.61 Å². The summed E-state index contributed by atoms with van der Waals surface area (Å²) in [6, 6.07) is 0. The molecule has 5 heteroatoms. The Morgan fingerprint density at radius 2 is 1.88 bits per heavy atom. The molecule has 0 aliphatic carbocycles. The number of terminal acetylenes is 1. The zero-order valence-corrected chi connectivity index (χ0v) is 10.7. The molecule has 0 aliphatic rings. The van der Waals surface area contributed by atoms with Crippen molar-refractivity contribution in [1.29, 1.82) is 0 Å². The summed E-state index contributed by atoms with van der Waals surface area (Å²) in [5.74, 6) is 2.35. The highest BCUT2D eigenvalue weighted by molar-refractivity contribution is 5.65. The van der Waals surface area contributed by atoms with Crippen LogP contribution in [-0.2, 0) is 9.47 Å². The lowest BCUT2D eigenvalue weighted by Crippen LogP contribution is -2.46. The molecule has 98 valence electrons. The monoisotopic (exact) mass is 243 g/mol. The van der Waals surface area contributed by atoms with Crippen LogP contribution in [0.5, 0.6) is 0 Å². The van der Waals surface area contributed by atoms with Crippen molar-refractivity contribution in [2.24, 2.45) is 0 Å². The number of carbonyl (C=O) groups is 1. The second kappa shape index (κ2) is 7.93. The maximum Gasteiger partial charge on any atom is 0.407 e. The number of rotatable bonds is 7. The predicted octanol–water partition coefficient (Wildman–Crippen LogP) is 1.43. The Morgan fingerprint density at radius 1 is 1.29 bits per heavy atom. The predicted molar refractivity (Wildman–Crippen MR) is 65.0 cm³/mol. The Bertz CT molecular complexity index is 265. The van der Waals surface area contributed by atoms with Gasteiger partial charge in [-0.3, -0.25) is 0 Å². The van der Waals surface area contributed by atoms with Gasteiger partial charge >= 0.3 is 6.09 Å². The fourth-order valence-corrected chi connectivity index (χ4v) is 1.22. The quantitative estimate of drug-likeness (QED) is 0.543. The van der Waals surface area contributed by atoms with E-state index in [9.17, 15) is 4.79 Å². The van der Waals surface area contributed by atoms with Crippen LogP contribution in [0.1, 0.15) is 20.8 Å². The van der Waals surface area contributed by atoms with E-state index in [0.717, 1.165) is 0 Å². The first-order chi connectivity index (χ1) is 7.89. The van der Waals surface area contributed by atoms with Crippen LogP contribution in [0.4, 0.5) is 4.79 Å². The van der Waals surface area contributed by atoms with Crippen molar-refractivity contribution in [2.45, 2.75) is 26.3 Å². The minimum Gasteiger partial charge on any atom is -0.465 e. The summed E-state index contributed by atoms with van der Waals surface area (Å²) >= 11 is 0. The van der Waals surface area contributed by atoms with Gasteiger partial charge in [0, 0.05) is 12.1 Å². The molecule has 0 fully saturated rings. The largest absolute Gasteiger partial charge is 0.465 e. The van der Waals surface area contributed by atoms with E-state index < -0.39 is 11.6 Å². The maximum absolute atomic E-state index is 11.0. The van der Waals surface area contributed by atoms with Crippen LogP contribution >= 0.6 is 0 Å². The molecule has 0 radical (unpaired) electrons. The first-order valence-corrected chi connectivity index (χ1v) is 5.49. The third-order valence-corrected chi connectivity index (χ3v) is 2.06. The molecule has 0 unspecified atom stereocenters.